The Balaban J connectivity index is 2.57. The van der Waals surface area contributed by atoms with Gasteiger partial charge in [-0.2, -0.15) is 0 Å². The highest BCUT2D eigenvalue weighted by Crippen LogP contribution is 2.31. The molecule has 0 atom stereocenters. The molecule has 2 N–H and O–H groups in total. The van der Waals surface area contributed by atoms with Gasteiger partial charge in [0.15, 0.2) is 11.6 Å². The number of anilines is 1. The van der Waals surface area contributed by atoms with Gasteiger partial charge in [-0.1, -0.05) is 6.07 Å². The number of rotatable bonds is 2. The van der Waals surface area contributed by atoms with Crippen LogP contribution in [-0.2, 0) is 0 Å². The summed E-state index contributed by atoms with van der Waals surface area (Å²) >= 11 is 0. The second-order valence-corrected chi connectivity index (χ2v) is 3.77. The van der Waals surface area contributed by atoms with Crippen LogP contribution in [0.1, 0.15) is 5.56 Å². The number of pyridine rings is 1. The molecule has 2 aromatic rings. The lowest BCUT2D eigenvalue weighted by Crippen LogP contribution is -1.95. The fraction of sp³-hybridized carbons (Fsp3) is 0.154. The Bertz CT molecular complexity index is 535. The van der Waals surface area contributed by atoms with Crippen molar-refractivity contribution in [3.8, 4) is 16.9 Å². The van der Waals surface area contributed by atoms with E-state index in [1.807, 2.05) is 6.92 Å². The maximum atomic E-state index is 13.6. The van der Waals surface area contributed by atoms with Gasteiger partial charge in [0, 0.05) is 11.8 Å². The van der Waals surface area contributed by atoms with Gasteiger partial charge in [-0.3, -0.25) is 4.98 Å². The Labute approximate surface area is 99.1 Å². The number of aryl methyl sites for hydroxylation is 1. The maximum absolute atomic E-state index is 13.6. The van der Waals surface area contributed by atoms with Gasteiger partial charge >= 0.3 is 0 Å². The van der Waals surface area contributed by atoms with E-state index in [2.05, 4.69) is 4.98 Å². The smallest absolute Gasteiger partial charge is 0.165 e. The summed E-state index contributed by atoms with van der Waals surface area (Å²) in [6.07, 6.45) is 3.26. The standard InChI is InChI=1S/C13H13FN2O/c1-8-6-16-7-11(15)13(8)9-3-4-12(17-2)10(14)5-9/h3-7H,15H2,1-2H3. The van der Waals surface area contributed by atoms with E-state index in [1.54, 1.807) is 24.5 Å². The van der Waals surface area contributed by atoms with Crippen LogP contribution >= 0.6 is 0 Å². The maximum Gasteiger partial charge on any atom is 0.165 e. The van der Waals surface area contributed by atoms with Crippen LogP contribution in [0.3, 0.4) is 0 Å². The molecular weight excluding hydrogens is 219 g/mol. The molecule has 0 aliphatic carbocycles. The lowest BCUT2D eigenvalue weighted by molar-refractivity contribution is 0.386. The first-order valence-electron chi connectivity index (χ1n) is 5.17. The zero-order chi connectivity index (χ0) is 12.4. The van der Waals surface area contributed by atoms with Crippen LogP contribution in [0.15, 0.2) is 30.6 Å². The molecule has 0 fully saturated rings. The lowest BCUT2D eigenvalue weighted by Gasteiger charge is -2.10. The van der Waals surface area contributed by atoms with Crippen LogP contribution in [0.25, 0.3) is 11.1 Å². The molecule has 2 rings (SSSR count). The van der Waals surface area contributed by atoms with Gasteiger partial charge in [-0.05, 0) is 30.2 Å². The summed E-state index contributed by atoms with van der Waals surface area (Å²) in [6.45, 7) is 1.89. The number of ether oxygens (including phenoxy) is 1. The van der Waals surface area contributed by atoms with Crippen molar-refractivity contribution in [2.24, 2.45) is 0 Å². The Kier molecular flexibility index (Phi) is 2.95. The van der Waals surface area contributed by atoms with Gasteiger partial charge in [-0.15, -0.1) is 0 Å². The van der Waals surface area contributed by atoms with Crippen molar-refractivity contribution in [2.45, 2.75) is 6.92 Å². The summed E-state index contributed by atoms with van der Waals surface area (Å²) < 4.78 is 18.5. The van der Waals surface area contributed by atoms with E-state index in [4.69, 9.17) is 10.5 Å². The first-order valence-corrected chi connectivity index (χ1v) is 5.17. The summed E-state index contributed by atoms with van der Waals surface area (Å²) in [5.74, 6) is -0.181. The average Bonchev–Trinajstić information content (AvgIpc) is 2.29. The first kappa shape index (κ1) is 11.4. The average molecular weight is 232 g/mol. The summed E-state index contributed by atoms with van der Waals surface area (Å²) in [5, 5.41) is 0. The van der Waals surface area contributed by atoms with E-state index >= 15 is 0 Å². The van der Waals surface area contributed by atoms with Gasteiger partial charge in [0.25, 0.3) is 0 Å². The zero-order valence-electron chi connectivity index (χ0n) is 9.70. The number of hydrogen-bond donors (Lipinski definition) is 1. The summed E-state index contributed by atoms with van der Waals surface area (Å²) in [5.41, 5.74) is 8.84. The molecule has 4 heteroatoms. The minimum atomic E-state index is -0.402. The van der Waals surface area contributed by atoms with Gasteiger partial charge in [0.05, 0.1) is 19.0 Å². The van der Waals surface area contributed by atoms with Crippen molar-refractivity contribution < 1.29 is 9.13 Å². The minimum Gasteiger partial charge on any atom is -0.494 e. The number of nitrogens with zero attached hydrogens (tertiary/aromatic N) is 1. The molecule has 0 bridgehead atoms. The largest absolute Gasteiger partial charge is 0.494 e. The second-order valence-electron chi connectivity index (χ2n) is 3.77. The number of hydrogen-bond acceptors (Lipinski definition) is 3. The Morgan fingerprint density at radius 3 is 2.65 bits per heavy atom. The van der Waals surface area contributed by atoms with Crippen molar-refractivity contribution in [2.75, 3.05) is 12.8 Å². The molecule has 3 nitrogen and oxygen atoms in total. The van der Waals surface area contributed by atoms with Crippen LogP contribution in [0, 0.1) is 12.7 Å². The van der Waals surface area contributed by atoms with Crippen LogP contribution in [0.4, 0.5) is 10.1 Å². The topological polar surface area (TPSA) is 48.1 Å². The highest BCUT2D eigenvalue weighted by molar-refractivity contribution is 5.78. The van der Waals surface area contributed by atoms with Crippen LogP contribution in [0.5, 0.6) is 5.75 Å². The fourth-order valence-electron chi connectivity index (χ4n) is 1.80. The Morgan fingerprint density at radius 2 is 2.06 bits per heavy atom. The number of nitrogens with two attached hydrogens (primary N) is 1. The first-order chi connectivity index (χ1) is 8.13. The normalized spacial score (nSPS) is 10.3. The molecule has 0 spiro atoms. The molecule has 0 amide bonds. The predicted octanol–water partition coefficient (Wildman–Crippen LogP) is 2.79. The van der Waals surface area contributed by atoms with Crippen LogP contribution < -0.4 is 10.5 Å². The van der Waals surface area contributed by atoms with Crippen molar-refractivity contribution >= 4 is 5.69 Å². The van der Waals surface area contributed by atoms with Gasteiger partial charge < -0.3 is 10.5 Å². The number of benzene rings is 1. The molecule has 0 aliphatic heterocycles. The van der Waals surface area contributed by atoms with Crippen molar-refractivity contribution in [3.63, 3.8) is 0 Å². The van der Waals surface area contributed by atoms with E-state index in [1.165, 1.54) is 13.2 Å². The van der Waals surface area contributed by atoms with Crippen LogP contribution in [0.2, 0.25) is 0 Å². The summed E-state index contributed by atoms with van der Waals surface area (Å²) in [7, 11) is 1.43. The highest BCUT2D eigenvalue weighted by atomic mass is 19.1. The zero-order valence-corrected chi connectivity index (χ0v) is 9.70. The molecule has 1 aromatic heterocycles. The van der Waals surface area contributed by atoms with E-state index in [9.17, 15) is 4.39 Å². The van der Waals surface area contributed by atoms with Gasteiger partial charge in [0.2, 0.25) is 0 Å². The quantitative estimate of drug-likeness (QED) is 0.866. The third-order valence-electron chi connectivity index (χ3n) is 2.61. The molecule has 0 aliphatic rings. The van der Waals surface area contributed by atoms with E-state index in [0.29, 0.717) is 5.69 Å². The third kappa shape index (κ3) is 2.06. The number of aromatic nitrogens is 1. The molecule has 0 radical (unpaired) electrons. The second kappa shape index (κ2) is 4.41. The highest BCUT2D eigenvalue weighted by Gasteiger charge is 2.10. The molecule has 0 unspecified atom stereocenters. The third-order valence-corrected chi connectivity index (χ3v) is 2.61. The Morgan fingerprint density at radius 1 is 1.29 bits per heavy atom. The molecule has 17 heavy (non-hydrogen) atoms. The van der Waals surface area contributed by atoms with E-state index < -0.39 is 5.82 Å². The minimum absolute atomic E-state index is 0.221. The summed E-state index contributed by atoms with van der Waals surface area (Å²) in [6, 6.07) is 4.78. The molecule has 0 saturated carbocycles. The van der Waals surface area contributed by atoms with Crippen molar-refractivity contribution in [1.82, 2.24) is 4.98 Å². The number of nitrogen functional groups attached to an aromatic ring is 1. The van der Waals surface area contributed by atoms with Gasteiger partial charge in [0.1, 0.15) is 0 Å². The predicted molar refractivity (Wildman–Crippen MR) is 65.3 cm³/mol. The monoisotopic (exact) mass is 232 g/mol. The van der Waals surface area contributed by atoms with E-state index in [-0.39, 0.29) is 5.75 Å². The Hall–Kier alpha value is -2.10. The molecular formula is C13H13FN2O. The number of halogens is 1. The summed E-state index contributed by atoms with van der Waals surface area (Å²) in [4.78, 5) is 3.98. The molecule has 0 saturated heterocycles. The van der Waals surface area contributed by atoms with Crippen molar-refractivity contribution in [1.29, 1.82) is 0 Å². The molecule has 1 aromatic carbocycles. The molecule has 88 valence electrons. The fourth-order valence-corrected chi connectivity index (χ4v) is 1.80. The molecule has 1 heterocycles. The van der Waals surface area contributed by atoms with Crippen molar-refractivity contribution in [3.05, 3.63) is 42.0 Å². The number of methoxy groups -OCH3 is 1. The van der Waals surface area contributed by atoms with Gasteiger partial charge in [-0.25, -0.2) is 4.39 Å². The SMILES string of the molecule is COc1ccc(-c2c(C)cncc2N)cc1F. The van der Waals surface area contributed by atoms with Crippen LogP contribution in [-0.4, -0.2) is 12.1 Å². The van der Waals surface area contributed by atoms with E-state index in [0.717, 1.165) is 16.7 Å². The lowest BCUT2D eigenvalue weighted by atomic mass is 10.0.